The highest BCUT2D eigenvalue weighted by Gasteiger charge is 2.11. The first kappa shape index (κ1) is 13.4. The molecule has 0 fully saturated rings. The third-order valence-corrected chi connectivity index (χ3v) is 1.57. The molecule has 0 radical (unpaired) electrons. The van der Waals surface area contributed by atoms with Crippen molar-refractivity contribution in [3.8, 4) is 0 Å². The summed E-state index contributed by atoms with van der Waals surface area (Å²) in [5.41, 5.74) is 0. The topological polar surface area (TPSA) is 67.8 Å². The molecular weight excluding hydrogens is 186 g/mol. The molecule has 0 rings (SSSR count). The van der Waals surface area contributed by atoms with Crippen LogP contribution in [0.3, 0.4) is 0 Å². The first-order chi connectivity index (χ1) is 6.72. The molecule has 5 nitrogen and oxygen atoms in total. The van der Waals surface area contributed by atoms with Gasteiger partial charge in [-0.25, -0.2) is 0 Å². The summed E-state index contributed by atoms with van der Waals surface area (Å²) in [6, 6.07) is -0.312. The molecule has 0 aromatic rings. The zero-order chi connectivity index (χ0) is 10.8. The SMILES string of the molecule is CCOC(=O)C(C)NCCOCCO. The molecule has 0 aromatic carbocycles. The highest BCUT2D eigenvalue weighted by molar-refractivity contribution is 5.75. The Kier molecular flexibility index (Phi) is 8.51. The zero-order valence-electron chi connectivity index (χ0n) is 8.78. The van der Waals surface area contributed by atoms with Gasteiger partial charge in [-0.05, 0) is 13.8 Å². The van der Waals surface area contributed by atoms with E-state index < -0.39 is 0 Å². The van der Waals surface area contributed by atoms with Crippen LogP contribution >= 0.6 is 0 Å². The van der Waals surface area contributed by atoms with E-state index in [1.165, 1.54) is 0 Å². The lowest BCUT2D eigenvalue weighted by atomic mass is 10.3. The lowest BCUT2D eigenvalue weighted by molar-refractivity contribution is -0.145. The summed E-state index contributed by atoms with van der Waals surface area (Å²) in [5.74, 6) is -0.255. The van der Waals surface area contributed by atoms with Crippen molar-refractivity contribution in [3.63, 3.8) is 0 Å². The van der Waals surface area contributed by atoms with Gasteiger partial charge in [0.2, 0.25) is 0 Å². The van der Waals surface area contributed by atoms with Gasteiger partial charge in [-0.2, -0.15) is 0 Å². The zero-order valence-corrected chi connectivity index (χ0v) is 8.78. The van der Waals surface area contributed by atoms with Crippen molar-refractivity contribution >= 4 is 5.97 Å². The Morgan fingerprint density at radius 3 is 2.79 bits per heavy atom. The van der Waals surface area contributed by atoms with Crippen molar-refractivity contribution < 1.29 is 19.4 Å². The van der Waals surface area contributed by atoms with E-state index in [2.05, 4.69) is 5.32 Å². The first-order valence-electron chi connectivity index (χ1n) is 4.81. The molecule has 5 heteroatoms. The largest absolute Gasteiger partial charge is 0.465 e. The predicted molar refractivity (Wildman–Crippen MR) is 52.0 cm³/mol. The molecular formula is C9H19NO4. The van der Waals surface area contributed by atoms with Crippen LogP contribution in [0.1, 0.15) is 13.8 Å². The number of carbonyl (C=O) groups is 1. The number of hydrogen-bond acceptors (Lipinski definition) is 5. The minimum atomic E-state index is -0.312. The van der Waals surface area contributed by atoms with Crippen molar-refractivity contribution in [1.29, 1.82) is 0 Å². The third-order valence-electron chi connectivity index (χ3n) is 1.57. The molecule has 0 spiro atoms. The molecule has 0 aliphatic carbocycles. The number of aliphatic hydroxyl groups is 1. The van der Waals surface area contributed by atoms with E-state index in [0.717, 1.165) is 0 Å². The van der Waals surface area contributed by atoms with Crippen molar-refractivity contribution in [2.24, 2.45) is 0 Å². The molecule has 84 valence electrons. The quantitative estimate of drug-likeness (QED) is 0.414. The Bertz CT molecular complexity index is 152. The summed E-state index contributed by atoms with van der Waals surface area (Å²) >= 11 is 0. The Hall–Kier alpha value is -0.650. The van der Waals surface area contributed by atoms with Gasteiger partial charge in [0.1, 0.15) is 6.04 Å². The highest BCUT2D eigenvalue weighted by atomic mass is 16.5. The second kappa shape index (κ2) is 8.93. The van der Waals surface area contributed by atoms with E-state index in [1.54, 1.807) is 13.8 Å². The van der Waals surface area contributed by atoms with Crippen LogP contribution in [-0.4, -0.2) is 50.1 Å². The van der Waals surface area contributed by atoms with Gasteiger partial charge in [0, 0.05) is 6.54 Å². The molecule has 0 amide bonds. The molecule has 2 N–H and O–H groups in total. The summed E-state index contributed by atoms with van der Waals surface area (Å²) < 4.78 is 9.81. The van der Waals surface area contributed by atoms with Gasteiger partial charge in [0.05, 0.1) is 26.4 Å². The normalized spacial score (nSPS) is 12.5. The summed E-state index contributed by atoms with van der Waals surface area (Å²) in [6.45, 7) is 5.30. The molecule has 0 aliphatic heterocycles. The number of ether oxygens (including phenoxy) is 2. The maximum absolute atomic E-state index is 11.1. The van der Waals surface area contributed by atoms with Crippen LogP contribution in [0, 0.1) is 0 Å². The number of aliphatic hydroxyl groups excluding tert-OH is 1. The van der Waals surface area contributed by atoms with Crippen molar-refractivity contribution in [3.05, 3.63) is 0 Å². The van der Waals surface area contributed by atoms with E-state index in [9.17, 15) is 4.79 Å². The lowest BCUT2D eigenvalue weighted by Gasteiger charge is -2.12. The number of hydrogen-bond donors (Lipinski definition) is 2. The average Bonchev–Trinajstić information content (AvgIpc) is 2.17. The van der Waals surface area contributed by atoms with Crippen molar-refractivity contribution in [1.82, 2.24) is 5.32 Å². The molecule has 0 saturated heterocycles. The van der Waals surface area contributed by atoms with Crippen molar-refractivity contribution in [2.45, 2.75) is 19.9 Å². The fourth-order valence-electron chi connectivity index (χ4n) is 0.865. The molecule has 0 aromatic heterocycles. The Labute approximate surface area is 84.4 Å². The third kappa shape index (κ3) is 6.82. The number of carbonyl (C=O) groups excluding carboxylic acids is 1. The van der Waals surface area contributed by atoms with Gasteiger partial charge >= 0.3 is 5.97 Å². The van der Waals surface area contributed by atoms with Crippen LogP contribution < -0.4 is 5.32 Å². The molecule has 0 heterocycles. The summed E-state index contributed by atoms with van der Waals surface area (Å²) in [7, 11) is 0. The van der Waals surface area contributed by atoms with E-state index >= 15 is 0 Å². The second-order valence-electron chi connectivity index (χ2n) is 2.76. The summed E-state index contributed by atoms with van der Waals surface area (Å²) in [6.07, 6.45) is 0. The predicted octanol–water partition coefficient (Wildman–Crippen LogP) is -0.463. The summed E-state index contributed by atoms with van der Waals surface area (Å²) in [4.78, 5) is 11.1. The van der Waals surface area contributed by atoms with Gasteiger partial charge in [-0.1, -0.05) is 0 Å². The van der Waals surface area contributed by atoms with Crippen LogP contribution in [0.25, 0.3) is 0 Å². The standard InChI is InChI=1S/C9H19NO4/c1-3-14-9(12)8(2)10-4-6-13-7-5-11/h8,10-11H,3-7H2,1-2H3. The van der Waals surface area contributed by atoms with Gasteiger partial charge in [-0.15, -0.1) is 0 Å². The van der Waals surface area contributed by atoms with Gasteiger partial charge in [0.15, 0.2) is 0 Å². The number of esters is 1. The Morgan fingerprint density at radius 1 is 1.50 bits per heavy atom. The molecule has 1 unspecified atom stereocenters. The van der Waals surface area contributed by atoms with E-state index in [1.807, 2.05) is 0 Å². The van der Waals surface area contributed by atoms with Crippen molar-refractivity contribution in [2.75, 3.05) is 33.0 Å². The van der Waals surface area contributed by atoms with Gasteiger partial charge in [0.25, 0.3) is 0 Å². The fraction of sp³-hybridized carbons (Fsp3) is 0.889. The maximum atomic E-state index is 11.1. The highest BCUT2D eigenvalue weighted by Crippen LogP contribution is 1.87. The van der Waals surface area contributed by atoms with Gasteiger partial charge in [-0.3, -0.25) is 4.79 Å². The number of rotatable bonds is 8. The molecule has 1 atom stereocenters. The van der Waals surface area contributed by atoms with E-state index in [0.29, 0.717) is 26.4 Å². The molecule has 0 aliphatic rings. The Morgan fingerprint density at radius 2 is 2.21 bits per heavy atom. The summed E-state index contributed by atoms with van der Waals surface area (Å²) in [5, 5.41) is 11.4. The van der Waals surface area contributed by atoms with Crippen LogP contribution in [0.5, 0.6) is 0 Å². The molecule has 0 bridgehead atoms. The van der Waals surface area contributed by atoms with E-state index in [4.69, 9.17) is 14.6 Å². The lowest BCUT2D eigenvalue weighted by Crippen LogP contribution is -2.37. The minimum absolute atomic E-state index is 0.0213. The minimum Gasteiger partial charge on any atom is -0.465 e. The van der Waals surface area contributed by atoms with Crippen LogP contribution in [-0.2, 0) is 14.3 Å². The fourth-order valence-corrected chi connectivity index (χ4v) is 0.865. The average molecular weight is 205 g/mol. The second-order valence-corrected chi connectivity index (χ2v) is 2.76. The monoisotopic (exact) mass is 205 g/mol. The molecule has 14 heavy (non-hydrogen) atoms. The smallest absolute Gasteiger partial charge is 0.322 e. The molecule has 0 saturated carbocycles. The van der Waals surface area contributed by atoms with E-state index in [-0.39, 0.29) is 18.6 Å². The van der Waals surface area contributed by atoms with Crippen LogP contribution in [0.4, 0.5) is 0 Å². The first-order valence-corrected chi connectivity index (χ1v) is 4.81. The van der Waals surface area contributed by atoms with Crippen LogP contribution in [0.2, 0.25) is 0 Å². The van der Waals surface area contributed by atoms with Crippen LogP contribution in [0.15, 0.2) is 0 Å². The maximum Gasteiger partial charge on any atom is 0.322 e. The van der Waals surface area contributed by atoms with Gasteiger partial charge < -0.3 is 19.9 Å². The Balaban J connectivity index is 3.34. The number of nitrogens with one attached hydrogen (secondary N) is 1.